The molecule has 2 heterocycles. The van der Waals surface area contributed by atoms with Gasteiger partial charge in [-0.2, -0.15) is 13.2 Å². The van der Waals surface area contributed by atoms with Crippen LogP contribution in [0.15, 0.2) is 30.5 Å². The van der Waals surface area contributed by atoms with E-state index in [4.69, 9.17) is 4.74 Å². The van der Waals surface area contributed by atoms with Crippen molar-refractivity contribution in [2.75, 3.05) is 38.6 Å². The molecule has 2 aromatic rings. The molecule has 23 heavy (non-hydrogen) atoms. The summed E-state index contributed by atoms with van der Waals surface area (Å²) in [5.74, 6) is 0. The summed E-state index contributed by atoms with van der Waals surface area (Å²) in [5, 5.41) is 3.93. The number of aromatic nitrogens is 1. The number of morpholine rings is 1. The van der Waals surface area contributed by atoms with Crippen LogP contribution in [0.1, 0.15) is 5.56 Å². The SMILES string of the molecule is CN1CCOC(CNc2ccnc3cc(C(F)(F)F)ccc23)C1. The first-order valence-electron chi connectivity index (χ1n) is 7.43. The lowest BCUT2D eigenvalue weighted by atomic mass is 10.1. The van der Waals surface area contributed by atoms with Gasteiger partial charge in [-0.25, -0.2) is 0 Å². The van der Waals surface area contributed by atoms with E-state index in [1.807, 2.05) is 7.05 Å². The number of rotatable bonds is 3. The quantitative estimate of drug-likeness (QED) is 0.941. The molecule has 0 saturated carbocycles. The summed E-state index contributed by atoms with van der Waals surface area (Å²) in [6, 6.07) is 5.38. The van der Waals surface area contributed by atoms with Crippen molar-refractivity contribution >= 4 is 16.6 Å². The van der Waals surface area contributed by atoms with E-state index < -0.39 is 11.7 Å². The summed E-state index contributed by atoms with van der Waals surface area (Å²) in [5.41, 5.74) is 0.402. The molecule has 7 heteroatoms. The van der Waals surface area contributed by atoms with E-state index in [9.17, 15) is 13.2 Å². The second-order valence-corrected chi connectivity index (χ2v) is 5.72. The summed E-state index contributed by atoms with van der Waals surface area (Å²) >= 11 is 0. The van der Waals surface area contributed by atoms with Crippen molar-refractivity contribution in [3.63, 3.8) is 0 Å². The molecule has 1 saturated heterocycles. The van der Waals surface area contributed by atoms with Crippen LogP contribution in [-0.4, -0.2) is 49.3 Å². The minimum atomic E-state index is -4.36. The number of nitrogens with one attached hydrogen (secondary N) is 1. The highest BCUT2D eigenvalue weighted by atomic mass is 19.4. The van der Waals surface area contributed by atoms with Crippen molar-refractivity contribution in [3.05, 3.63) is 36.0 Å². The van der Waals surface area contributed by atoms with E-state index in [1.54, 1.807) is 6.07 Å². The van der Waals surface area contributed by atoms with Crippen LogP contribution in [0.2, 0.25) is 0 Å². The van der Waals surface area contributed by atoms with Gasteiger partial charge in [0.15, 0.2) is 0 Å². The number of ether oxygens (including phenoxy) is 1. The number of anilines is 1. The van der Waals surface area contributed by atoms with E-state index in [0.29, 0.717) is 24.1 Å². The molecule has 1 unspecified atom stereocenters. The van der Waals surface area contributed by atoms with Crippen molar-refractivity contribution in [1.29, 1.82) is 0 Å². The van der Waals surface area contributed by atoms with Crippen molar-refractivity contribution < 1.29 is 17.9 Å². The first-order valence-corrected chi connectivity index (χ1v) is 7.43. The number of halogens is 3. The van der Waals surface area contributed by atoms with E-state index in [2.05, 4.69) is 15.2 Å². The summed E-state index contributed by atoms with van der Waals surface area (Å²) in [4.78, 5) is 6.23. The van der Waals surface area contributed by atoms with Crippen LogP contribution in [0.25, 0.3) is 10.9 Å². The number of alkyl halides is 3. The summed E-state index contributed by atoms with van der Waals surface area (Å²) in [6.45, 7) is 3.03. The topological polar surface area (TPSA) is 37.4 Å². The fourth-order valence-electron chi connectivity index (χ4n) is 2.69. The molecule has 0 amide bonds. The minimum absolute atomic E-state index is 0.0615. The molecule has 0 spiro atoms. The lowest BCUT2D eigenvalue weighted by Crippen LogP contribution is -2.43. The van der Waals surface area contributed by atoms with Crippen LogP contribution in [0.3, 0.4) is 0 Å². The second-order valence-electron chi connectivity index (χ2n) is 5.72. The molecule has 0 aliphatic carbocycles. The molecule has 1 N–H and O–H groups in total. The Bertz CT molecular complexity index is 690. The predicted molar refractivity (Wildman–Crippen MR) is 82.5 cm³/mol. The third-order valence-corrected chi connectivity index (χ3v) is 3.93. The normalized spacial score (nSPS) is 19.9. The van der Waals surface area contributed by atoms with Crippen LogP contribution in [0, 0.1) is 0 Å². The zero-order valence-electron chi connectivity index (χ0n) is 12.7. The summed E-state index contributed by atoms with van der Waals surface area (Å²) in [7, 11) is 2.04. The molecule has 0 bridgehead atoms. The Morgan fingerprint density at radius 3 is 2.91 bits per heavy atom. The summed E-state index contributed by atoms with van der Waals surface area (Å²) < 4.78 is 44.0. The number of benzene rings is 1. The third-order valence-electron chi connectivity index (χ3n) is 3.93. The Morgan fingerprint density at radius 2 is 2.17 bits per heavy atom. The molecule has 4 nitrogen and oxygen atoms in total. The van der Waals surface area contributed by atoms with Gasteiger partial charge in [-0.05, 0) is 25.2 Å². The van der Waals surface area contributed by atoms with E-state index >= 15 is 0 Å². The molecular weight excluding hydrogens is 307 g/mol. The van der Waals surface area contributed by atoms with Gasteiger partial charge in [-0.3, -0.25) is 4.98 Å². The molecule has 1 aromatic carbocycles. The number of hydrogen-bond acceptors (Lipinski definition) is 4. The van der Waals surface area contributed by atoms with Crippen molar-refractivity contribution in [2.24, 2.45) is 0 Å². The Hall–Kier alpha value is -1.86. The monoisotopic (exact) mass is 325 g/mol. The zero-order valence-corrected chi connectivity index (χ0v) is 12.7. The van der Waals surface area contributed by atoms with Crippen LogP contribution in [0.4, 0.5) is 18.9 Å². The Kier molecular flexibility index (Phi) is 4.41. The average molecular weight is 325 g/mol. The standard InChI is InChI=1S/C16H18F3N3O/c1-22-6-7-23-12(10-22)9-21-14-4-5-20-15-8-11(16(17,18)19)2-3-13(14)15/h2-5,8,12H,6-7,9-10H2,1H3,(H,20,21). The van der Waals surface area contributed by atoms with Gasteiger partial charge in [0.2, 0.25) is 0 Å². The highest BCUT2D eigenvalue weighted by Gasteiger charge is 2.30. The van der Waals surface area contributed by atoms with Gasteiger partial charge in [0, 0.05) is 36.9 Å². The number of fused-ring (bicyclic) bond motifs is 1. The van der Waals surface area contributed by atoms with Gasteiger partial charge in [0.25, 0.3) is 0 Å². The smallest absolute Gasteiger partial charge is 0.382 e. The van der Waals surface area contributed by atoms with Gasteiger partial charge in [0.1, 0.15) is 0 Å². The zero-order chi connectivity index (χ0) is 16.4. The minimum Gasteiger partial charge on any atom is -0.382 e. The van der Waals surface area contributed by atoms with Crippen LogP contribution < -0.4 is 5.32 Å². The van der Waals surface area contributed by atoms with Gasteiger partial charge >= 0.3 is 6.18 Å². The first kappa shape index (κ1) is 16.0. The second kappa shape index (κ2) is 6.33. The van der Waals surface area contributed by atoms with E-state index in [-0.39, 0.29) is 6.10 Å². The molecular formula is C16H18F3N3O. The fourth-order valence-corrected chi connectivity index (χ4v) is 2.69. The van der Waals surface area contributed by atoms with Crippen molar-refractivity contribution in [3.8, 4) is 0 Å². The van der Waals surface area contributed by atoms with Crippen LogP contribution in [0.5, 0.6) is 0 Å². The highest BCUT2D eigenvalue weighted by molar-refractivity contribution is 5.91. The van der Waals surface area contributed by atoms with Crippen molar-refractivity contribution in [2.45, 2.75) is 12.3 Å². The van der Waals surface area contributed by atoms with E-state index in [1.165, 1.54) is 12.3 Å². The largest absolute Gasteiger partial charge is 0.416 e. The average Bonchev–Trinajstić information content (AvgIpc) is 2.51. The molecule has 124 valence electrons. The van der Waals surface area contributed by atoms with Gasteiger partial charge in [-0.1, -0.05) is 6.07 Å². The third kappa shape index (κ3) is 3.73. The maximum atomic E-state index is 12.8. The molecule has 1 atom stereocenters. The Morgan fingerprint density at radius 1 is 1.35 bits per heavy atom. The number of pyridine rings is 1. The molecule has 1 aliphatic heterocycles. The van der Waals surface area contributed by atoms with Crippen LogP contribution >= 0.6 is 0 Å². The predicted octanol–water partition coefficient (Wildman–Crippen LogP) is 3.00. The summed E-state index contributed by atoms with van der Waals surface area (Å²) in [6.07, 6.45) is -2.79. The van der Waals surface area contributed by atoms with Crippen LogP contribution in [-0.2, 0) is 10.9 Å². The molecule has 1 aliphatic rings. The molecule has 1 fully saturated rings. The number of nitrogens with zero attached hydrogens (tertiary/aromatic N) is 2. The lowest BCUT2D eigenvalue weighted by molar-refractivity contribution is -0.137. The van der Waals surface area contributed by atoms with Gasteiger partial charge in [0.05, 0.1) is 23.8 Å². The fraction of sp³-hybridized carbons (Fsp3) is 0.438. The number of likely N-dealkylation sites (N-methyl/N-ethyl adjacent to an activating group) is 1. The molecule has 3 rings (SSSR count). The number of hydrogen-bond donors (Lipinski definition) is 1. The van der Waals surface area contributed by atoms with Gasteiger partial charge < -0.3 is 15.0 Å². The maximum Gasteiger partial charge on any atom is 0.416 e. The Balaban J connectivity index is 1.78. The maximum absolute atomic E-state index is 12.8. The van der Waals surface area contributed by atoms with E-state index in [0.717, 1.165) is 30.9 Å². The lowest BCUT2D eigenvalue weighted by Gasteiger charge is -2.30. The van der Waals surface area contributed by atoms with Gasteiger partial charge in [-0.15, -0.1) is 0 Å². The molecule has 1 aromatic heterocycles. The highest BCUT2D eigenvalue weighted by Crippen LogP contribution is 2.32. The first-order chi connectivity index (χ1) is 10.9. The Labute approximate surface area is 132 Å². The molecule has 0 radical (unpaired) electrons. The van der Waals surface area contributed by atoms with Crippen molar-refractivity contribution in [1.82, 2.24) is 9.88 Å².